The molecule has 19 heavy (non-hydrogen) atoms. The van der Waals surface area contributed by atoms with Crippen molar-refractivity contribution in [2.75, 3.05) is 31.5 Å². The van der Waals surface area contributed by atoms with E-state index in [1.54, 1.807) is 12.4 Å². The smallest absolute Gasteiger partial charge is 0.226 e. The summed E-state index contributed by atoms with van der Waals surface area (Å²) in [4.78, 5) is 18.4. The van der Waals surface area contributed by atoms with Gasteiger partial charge >= 0.3 is 0 Å². The minimum atomic E-state index is -0.117. The molecule has 0 atom stereocenters. The number of nitrogens with one attached hydrogen (secondary N) is 2. The van der Waals surface area contributed by atoms with Gasteiger partial charge in [-0.2, -0.15) is 0 Å². The van der Waals surface area contributed by atoms with Crippen molar-refractivity contribution in [2.24, 2.45) is 0 Å². The van der Waals surface area contributed by atoms with Crippen LogP contribution < -0.4 is 10.6 Å². The molecule has 1 aromatic heterocycles. The third-order valence-electron chi connectivity index (χ3n) is 3.51. The van der Waals surface area contributed by atoms with Gasteiger partial charge in [-0.15, -0.1) is 0 Å². The van der Waals surface area contributed by atoms with Gasteiger partial charge in [0.05, 0.1) is 11.9 Å². The van der Waals surface area contributed by atoms with Gasteiger partial charge in [-0.1, -0.05) is 0 Å². The molecule has 0 unspecified atom stereocenters. The van der Waals surface area contributed by atoms with E-state index in [-0.39, 0.29) is 11.4 Å². The summed E-state index contributed by atoms with van der Waals surface area (Å²) in [6.07, 6.45) is 3.85. The molecule has 2 heterocycles. The molecule has 0 spiro atoms. The first kappa shape index (κ1) is 14.0. The molecule has 2 N–H and O–H groups in total. The second-order valence-corrected chi connectivity index (χ2v) is 5.52. The molecule has 0 aliphatic carbocycles. The van der Waals surface area contributed by atoms with Gasteiger partial charge in [-0.25, -0.2) is 0 Å². The Bertz CT molecular complexity index is 413. The van der Waals surface area contributed by atoms with Gasteiger partial charge in [-0.3, -0.25) is 14.7 Å². The van der Waals surface area contributed by atoms with Crippen molar-refractivity contribution in [3.8, 4) is 0 Å². The van der Waals surface area contributed by atoms with Crippen LogP contribution in [0.2, 0.25) is 0 Å². The van der Waals surface area contributed by atoms with E-state index in [1.165, 1.54) is 0 Å². The fourth-order valence-corrected chi connectivity index (χ4v) is 2.42. The number of hydrogen-bond donors (Lipinski definition) is 2. The van der Waals surface area contributed by atoms with Crippen LogP contribution in [0.5, 0.6) is 0 Å². The van der Waals surface area contributed by atoms with E-state index in [2.05, 4.69) is 34.4 Å². The number of carbonyl (C=O) groups excluding carboxylic acids is 1. The summed E-state index contributed by atoms with van der Waals surface area (Å²) in [6, 6.07) is 3.67. The van der Waals surface area contributed by atoms with Crippen LogP contribution in [0.25, 0.3) is 0 Å². The molecule has 0 bridgehead atoms. The van der Waals surface area contributed by atoms with Gasteiger partial charge in [0.2, 0.25) is 5.91 Å². The number of hydrogen-bond acceptors (Lipinski definition) is 4. The molecule has 5 nitrogen and oxygen atoms in total. The van der Waals surface area contributed by atoms with Crippen molar-refractivity contribution in [1.82, 2.24) is 15.2 Å². The van der Waals surface area contributed by atoms with Gasteiger partial charge < -0.3 is 10.6 Å². The lowest BCUT2D eigenvalue weighted by molar-refractivity contribution is -0.118. The summed E-state index contributed by atoms with van der Waals surface area (Å²) in [5.41, 5.74) is 0.637. The second-order valence-electron chi connectivity index (χ2n) is 5.52. The summed E-state index contributed by atoms with van der Waals surface area (Å²) < 4.78 is 0. The lowest BCUT2D eigenvalue weighted by Gasteiger charge is -2.40. The number of aromatic nitrogens is 1. The van der Waals surface area contributed by atoms with E-state index in [4.69, 9.17) is 0 Å². The average Bonchev–Trinajstić information content (AvgIpc) is 2.40. The molecule has 1 aliphatic rings. The summed E-state index contributed by atoms with van der Waals surface area (Å²) in [6.45, 7) is 8.23. The molecule has 1 amide bonds. The van der Waals surface area contributed by atoms with Crippen LogP contribution in [0.4, 0.5) is 5.69 Å². The Hall–Kier alpha value is -1.46. The van der Waals surface area contributed by atoms with Gasteiger partial charge in [0.15, 0.2) is 0 Å². The summed E-state index contributed by atoms with van der Waals surface area (Å²) >= 11 is 0. The monoisotopic (exact) mass is 262 g/mol. The highest BCUT2D eigenvalue weighted by Gasteiger charge is 2.30. The maximum Gasteiger partial charge on any atom is 0.226 e. The van der Waals surface area contributed by atoms with Crippen molar-refractivity contribution in [3.63, 3.8) is 0 Å². The second kappa shape index (κ2) is 6.12. The van der Waals surface area contributed by atoms with Crippen LogP contribution in [-0.2, 0) is 4.79 Å². The fourth-order valence-electron chi connectivity index (χ4n) is 2.42. The maximum absolute atomic E-state index is 12.1. The van der Waals surface area contributed by atoms with E-state index in [0.717, 1.165) is 31.9 Å². The molecule has 104 valence electrons. The molecule has 1 saturated heterocycles. The highest BCUT2D eigenvalue weighted by Crippen LogP contribution is 2.20. The predicted octanol–water partition coefficient (Wildman–Crippen LogP) is 1.09. The number of piperazine rings is 1. The SMILES string of the molecule is CC(C)(CC(=O)Nc1cccnc1)N1CCNCC1. The van der Waals surface area contributed by atoms with Crippen LogP contribution in [0.1, 0.15) is 20.3 Å². The minimum absolute atomic E-state index is 0.0385. The number of pyridine rings is 1. The molecule has 1 fully saturated rings. The zero-order valence-corrected chi connectivity index (χ0v) is 11.6. The zero-order chi connectivity index (χ0) is 13.7. The Morgan fingerprint density at radius 2 is 2.21 bits per heavy atom. The number of anilines is 1. The van der Waals surface area contributed by atoms with Gasteiger partial charge in [-0.05, 0) is 26.0 Å². The van der Waals surface area contributed by atoms with Crippen molar-refractivity contribution in [2.45, 2.75) is 25.8 Å². The Balaban J connectivity index is 1.90. The molecule has 5 heteroatoms. The lowest BCUT2D eigenvalue weighted by atomic mass is 9.96. The normalized spacial score (nSPS) is 17.2. The van der Waals surface area contributed by atoms with E-state index in [1.807, 2.05) is 12.1 Å². The van der Waals surface area contributed by atoms with Crippen molar-refractivity contribution in [3.05, 3.63) is 24.5 Å². The highest BCUT2D eigenvalue weighted by molar-refractivity contribution is 5.91. The molecular formula is C14H22N4O. The van der Waals surface area contributed by atoms with Crippen LogP contribution in [-0.4, -0.2) is 47.5 Å². The van der Waals surface area contributed by atoms with Gasteiger partial charge in [0, 0.05) is 44.3 Å². The predicted molar refractivity (Wildman–Crippen MR) is 76.0 cm³/mol. The molecule has 2 rings (SSSR count). The zero-order valence-electron chi connectivity index (χ0n) is 11.6. The van der Waals surface area contributed by atoms with E-state index in [9.17, 15) is 4.79 Å². The molecular weight excluding hydrogens is 240 g/mol. The molecule has 1 aliphatic heterocycles. The first-order valence-electron chi connectivity index (χ1n) is 6.73. The summed E-state index contributed by atoms with van der Waals surface area (Å²) in [7, 11) is 0. The summed E-state index contributed by atoms with van der Waals surface area (Å²) in [5, 5.41) is 6.22. The molecule has 1 aromatic rings. The van der Waals surface area contributed by atoms with Crippen LogP contribution in [0, 0.1) is 0 Å². The standard InChI is InChI=1S/C14H22N4O/c1-14(2,18-8-6-15-7-9-18)10-13(19)17-12-4-3-5-16-11-12/h3-5,11,15H,6-10H2,1-2H3,(H,17,19). The molecule has 0 radical (unpaired) electrons. The fraction of sp³-hybridized carbons (Fsp3) is 0.571. The number of rotatable bonds is 4. The third-order valence-corrected chi connectivity index (χ3v) is 3.51. The topological polar surface area (TPSA) is 57.3 Å². The summed E-state index contributed by atoms with van der Waals surface area (Å²) in [5.74, 6) is 0.0385. The van der Waals surface area contributed by atoms with Crippen LogP contribution in [0.15, 0.2) is 24.5 Å². The van der Waals surface area contributed by atoms with Crippen LogP contribution >= 0.6 is 0 Å². The van der Waals surface area contributed by atoms with Crippen molar-refractivity contribution < 1.29 is 4.79 Å². The van der Waals surface area contributed by atoms with Gasteiger partial charge in [0.1, 0.15) is 0 Å². The Labute approximate surface area is 114 Å². The van der Waals surface area contributed by atoms with Gasteiger partial charge in [0.25, 0.3) is 0 Å². The quantitative estimate of drug-likeness (QED) is 0.853. The molecule has 0 aromatic carbocycles. The largest absolute Gasteiger partial charge is 0.325 e. The minimum Gasteiger partial charge on any atom is -0.325 e. The van der Waals surface area contributed by atoms with E-state index < -0.39 is 0 Å². The Kier molecular flexibility index (Phi) is 4.50. The highest BCUT2D eigenvalue weighted by atomic mass is 16.1. The average molecular weight is 262 g/mol. The Morgan fingerprint density at radius 1 is 1.47 bits per heavy atom. The maximum atomic E-state index is 12.1. The third kappa shape index (κ3) is 4.01. The number of nitrogens with zero attached hydrogens (tertiary/aromatic N) is 2. The first-order chi connectivity index (χ1) is 9.08. The van der Waals surface area contributed by atoms with Crippen LogP contribution in [0.3, 0.4) is 0 Å². The van der Waals surface area contributed by atoms with E-state index in [0.29, 0.717) is 6.42 Å². The van der Waals surface area contributed by atoms with Crippen molar-refractivity contribution in [1.29, 1.82) is 0 Å². The first-order valence-corrected chi connectivity index (χ1v) is 6.73. The lowest BCUT2D eigenvalue weighted by Crippen LogP contribution is -2.54. The molecule has 0 saturated carbocycles. The van der Waals surface area contributed by atoms with E-state index >= 15 is 0 Å². The number of carbonyl (C=O) groups is 1. The number of amides is 1. The van der Waals surface area contributed by atoms with Crippen molar-refractivity contribution >= 4 is 11.6 Å². The Morgan fingerprint density at radius 3 is 2.84 bits per heavy atom.